The Kier molecular flexibility index (Phi) is 3.96. The molecule has 0 radical (unpaired) electrons. The fourth-order valence-electron chi connectivity index (χ4n) is 0.451. The second-order valence-electron chi connectivity index (χ2n) is 2.15. The molecule has 5 heteroatoms. The van der Waals surface area contributed by atoms with Crippen LogP contribution < -0.4 is 5.32 Å². The van der Waals surface area contributed by atoms with Gasteiger partial charge >= 0.3 is 6.98 Å². The van der Waals surface area contributed by atoms with Crippen molar-refractivity contribution in [3.63, 3.8) is 0 Å². The zero-order valence-electron chi connectivity index (χ0n) is 6.12. The summed E-state index contributed by atoms with van der Waals surface area (Å²) in [5.41, 5.74) is -0.702. The van der Waals surface area contributed by atoms with Crippen molar-refractivity contribution in [2.75, 3.05) is 13.1 Å². The Morgan fingerprint density at radius 1 is 1.45 bits per heavy atom. The van der Waals surface area contributed by atoms with Crippen LogP contribution in [0.15, 0.2) is 24.7 Å². The van der Waals surface area contributed by atoms with E-state index in [-0.39, 0.29) is 6.54 Å². The monoisotopic (exact) mass is 164 g/mol. The molecule has 0 bridgehead atoms. The van der Waals surface area contributed by atoms with Crippen LogP contribution in [0.5, 0.6) is 0 Å². The molecule has 0 aliphatic carbocycles. The van der Waals surface area contributed by atoms with E-state index < -0.39 is 12.4 Å². The highest BCUT2D eigenvalue weighted by atomic mass is 19.4. The predicted molar refractivity (Wildman–Crippen MR) is 41.3 cm³/mol. The number of hydrogen-bond donors (Lipinski definition) is 1. The van der Waals surface area contributed by atoms with Crippen molar-refractivity contribution in [3.05, 3.63) is 24.7 Å². The van der Waals surface area contributed by atoms with Gasteiger partial charge in [0.25, 0.3) is 0 Å². The molecule has 0 heterocycles. The van der Waals surface area contributed by atoms with Crippen molar-refractivity contribution in [1.29, 1.82) is 0 Å². The largest absolute Gasteiger partial charge is 0.506 e. The minimum Gasteiger partial charge on any atom is -0.445 e. The summed E-state index contributed by atoms with van der Waals surface area (Å²) in [5.74, 6) is 0. The lowest BCUT2D eigenvalue weighted by Gasteiger charge is -2.17. The molecule has 0 aliphatic heterocycles. The molecule has 0 spiro atoms. The van der Waals surface area contributed by atoms with Gasteiger partial charge in [0.05, 0.1) is 0 Å². The molecule has 64 valence electrons. The van der Waals surface area contributed by atoms with Crippen LogP contribution in [0.4, 0.5) is 12.9 Å². The lowest BCUT2D eigenvalue weighted by molar-refractivity contribution is 0.486. The van der Waals surface area contributed by atoms with Gasteiger partial charge < -0.3 is 18.3 Å². The third kappa shape index (κ3) is 4.67. The van der Waals surface area contributed by atoms with Gasteiger partial charge in [0.2, 0.25) is 0 Å². The highest BCUT2D eigenvalue weighted by Gasteiger charge is 2.25. The average molecular weight is 164 g/mol. The van der Waals surface area contributed by atoms with Crippen LogP contribution >= 0.6 is 0 Å². The Balaban J connectivity index is 3.62. The molecular formula is C6H10BF3N-. The van der Waals surface area contributed by atoms with E-state index in [1.54, 1.807) is 0 Å². The summed E-state index contributed by atoms with van der Waals surface area (Å²) in [6.07, 6.45) is 1.50. The minimum atomic E-state index is -4.88. The van der Waals surface area contributed by atoms with E-state index in [2.05, 4.69) is 18.5 Å². The second-order valence-corrected chi connectivity index (χ2v) is 2.15. The Labute approximate surface area is 64.0 Å². The number of rotatable bonds is 5. The van der Waals surface area contributed by atoms with Crippen LogP contribution in [-0.2, 0) is 0 Å². The van der Waals surface area contributed by atoms with Gasteiger partial charge in [0, 0.05) is 6.54 Å². The van der Waals surface area contributed by atoms with Crippen LogP contribution in [0.2, 0.25) is 0 Å². The fourth-order valence-corrected chi connectivity index (χ4v) is 0.451. The van der Waals surface area contributed by atoms with Crippen molar-refractivity contribution in [2.45, 2.75) is 0 Å². The molecule has 0 saturated heterocycles. The minimum absolute atomic E-state index is 0.213. The fraction of sp³-hybridized carbons (Fsp3) is 0.333. The molecule has 0 aromatic heterocycles. The van der Waals surface area contributed by atoms with Crippen LogP contribution in [-0.4, -0.2) is 20.1 Å². The number of hydrogen-bond acceptors (Lipinski definition) is 1. The van der Waals surface area contributed by atoms with Gasteiger partial charge in [-0.15, -0.1) is 18.6 Å². The normalized spacial score (nSPS) is 11.2. The number of halogens is 3. The van der Waals surface area contributed by atoms with Gasteiger partial charge in [0.15, 0.2) is 0 Å². The van der Waals surface area contributed by atoms with Gasteiger partial charge in [-0.2, -0.15) is 0 Å². The molecule has 0 amide bonds. The zero-order chi connectivity index (χ0) is 8.91. The Hall–Kier alpha value is -0.705. The standard InChI is InChI=1S/C6H10BF3N/c1-3-4-11-5-6(2)7(8,9)10/h3,11H,1-2,4-5H2/q-1. The predicted octanol–water partition coefficient (Wildman–Crippen LogP) is 1.70. The van der Waals surface area contributed by atoms with Gasteiger partial charge in [0.1, 0.15) is 0 Å². The van der Waals surface area contributed by atoms with Crippen LogP contribution in [0.25, 0.3) is 0 Å². The second kappa shape index (κ2) is 4.23. The van der Waals surface area contributed by atoms with E-state index in [0.29, 0.717) is 6.54 Å². The van der Waals surface area contributed by atoms with Crippen molar-refractivity contribution in [2.24, 2.45) is 0 Å². The van der Waals surface area contributed by atoms with Crippen molar-refractivity contribution < 1.29 is 12.9 Å². The summed E-state index contributed by atoms with van der Waals surface area (Å²) in [6, 6.07) is 0. The topological polar surface area (TPSA) is 12.0 Å². The van der Waals surface area contributed by atoms with Crippen LogP contribution in [0.3, 0.4) is 0 Å². The zero-order valence-corrected chi connectivity index (χ0v) is 6.12. The highest BCUT2D eigenvalue weighted by molar-refractivity contribution is 6.66. The molecule has 0 aliphatic rings. The summed E-state index contributed by atoms with van der Waals surface area (Å²) >= 11 is 0. The molecule has 0 unspecified atom stereocenters. The lowest BCUT2D eigenvalue weighted by Crippen LogP contribution is -2.28. The van der Waals surface area contributed by atoms with E-state index in [9.17, 15) is 12.9 Å². The lowest BCUT2D eigenvalue weighted by atomic mass is 9.80. The molecule has 0 aromatic carbocycles. The van der Waals surface area contributed by atoms with E-state index in [0.717, 1.165) is 0 Å². The van der Waals surface area contributed by atoms with Gasteiger partial charge in [-0.05, 0) is 6.54 Å². The summed E-state index contributed by atoms with van der Waals surface area (Å²) < 4.78 is 35.3. The average Bonchev–Trinajstić information content (AvgIpc) is 1.86. The summed E-state index contributed by atoms with van der Waals surface area (Å²) in [7, 11) is 0. The maximum atomic E-state index is 11.8. The maximum absolute atomic E-state index is 11.8. The molecule has 0 aromatic rings. The van der Waals surface area contributed by atoms with Crippen molar-refractivity contribution in [3.8, 4) is 0 Å². The van der Waals surface area contributed by atoms with Crippen molar-refractivity contribution >= 4 is 6.98 Å². The van der Waals surface area contributed by atoms with Crippen LogP contribution in [0.1, 0.15) is 0 Å². The van der Waals surface area contributed by atoms with Gasteiger partial charge in [-0.25, -0.2) is 0 Å². The highest BCUT2D eigenvalue weighted by Crippen LogP contribution is 2.16. The van der Waals surface area contributed by atoms with E-state index in [4.69, 9.17) is 0 Å². The smallest absolute Gasteiger partial charge is 0.445 e. The Morgan fingerprint density at radius 3 is 2.36 bits per heavy atom. The first-order valence-corrected chi connectivity index (χ1v) is 3.17. The Bertz CT molecular complexity index is 152. The number of nitrogens with one attached hydrogen (secondary N) is 1. The van der Waals surface area contributed by atoms with Gasteiger partial charge in [-0.1, -0.05) is 6.08 Å². The third-order valence-corrected chi connectivity index (χ3v) is 1.10. The first kappa shape index (κ1) is 10.3. The van der Waals surface area contributed by atoms with E-state index in [1.807, 2.05) is 0 Å². The molecule has 0 fully saturated rings. The SMILES string of the molecule is C=CCNCC(=C)[B-](F)(F)F. The first-order chi connectivity index (χ1) is 4.98. The van der Waals surface area contributed by atoms with Gasteiger partial charge in [-0.3, -0.25) is 0 Å². The van der Waals surface area contributed by atoms with E-state index >= 15 is 0 Å². The first-order valence-electron chi connectivity index (χ1n) is 3.17. The quantitative estimate of drug-likeness (QED) is 0.370. The maximum Gasteiger partial charge on any atom is 0.506 e. The summed E-state index contributed by atoms with van der Waals surface area (Å²) in [6.45, 7) is 1.53. The molecule has 0 rings (SSSR count). The summed E-state index contributed by atoms with van der Waals surface area (Å²) in [5, 5.41) is 2.52. The molecule has 0 saturated carbocycles. The summed E-state index contributed by atoms with van der Waals surface area (Å²) in [4.78, 5) is 0. The molecule has 11 heavy (non-hydrogen) atoms. The van der Waals surface area contributed by atoms with E-state index in [1.165, 1.54) is 6.08 Å². The molecule has 1 nitrogen and oxygen atoms in total. The third-order valence-electron chi connectivity index (χ3n) is 1.10. The van der Waals surface area contributed by atoms with Crippen molar-refractivity contribution in [1.82, 2.24) is 5.32 Å². The van der Waals surface area contributed by atoms with Crippen LogP contribution in [0, 0.1) is 0 Å². The molecule has 0 atom stereocenters. The Morgan fingerprint density at radius 2 is 2.00 bits per heavy atom. The molecular weight excluding hydrogens is 154 g/mol. The molecule has 1 N–H and O–H groups in total.